The first kappa shape index (κ1) is 33.6. The van der Waals surface area contributed by atoms with E-state index >= 15 is 0 Å². The molecule has 0 aliphatic heterocycles. The third-order valence-corrected chi connectivity index (χ3v) is 11.5. The minimum Gasteiger partial charge on any atom is -0.310 e. The summed E-state index contributed by atoms with van der Waals surface area (Å²) in [4.78, 5) is 2.45. The van der Waals surface area contributed by atoms with Gasteiger partial charge in [-0.05, 0) is 110 Å². The van der Waals surface area contributed by atoms with Crippen molar-refractivity contribution in [3.63, 3.8) is 0 Å². The molecule has 11 aromatic rings. The first-order valence-electron chi connectivity index (χ1n) is 19.9. The summed E-state index contributed by atoms with van der Waals surface area (Å²) in [6.45, 7) is 0. The molecule has 2 heteroatoms. The van der Waals surface area contributed by atoms with E-state index in [0.717, 1.165) is 28.3 Å². The third kappa shape index (κ3) is 5.82. The number of hydrogen-bond donors (Lipinski definition) is 0. The highest BCUT2D eigenvalue weighted by Gasteiger charge is 2.23. The van der Waals surface area contributed by atoms with Crippen LogP contribution in [0.2, 0.25) is 0 Å². The molecule has 58 heavy (non-hydrogen) atoms. The van der Waals surface area contributed by atoms with Gasteiger partial charge in [-0.2, -0.15) is 0 Å². The van der Waals surface area contributed by atoms with Crippen LogP contribution in [0.5, 0.6) is 0 Å². The second-order valence-corrected chi connectivity index (χ2v) is 15.0. The summed E-state index contributed by atoms with van der Waals surface area (Å²) in [5, 5.41) is 7.36. The fraction of sp³-hybridized carbons (Fsp3) is 0. The normalized spacial score (nSPS) is 11.4. The second kappa shape index (κ2) is 14.1. The zero-order chi connectivity index (χ0) is 38.4. The minimum atomic E-state index is 1.08. The molecule has 11 rings (SSSR count). The molecule has 0 saturated carbocycles. The number of aromatic nitrogens is 1. The van der Waals surface area contributed by atoms with E-state index in [0.29, 0.717) is 0 Å². The lowest BCUT2D eigenvalue weighted by Gasteiger charge is -2.30. The van der Waals surface area contributed by atoms with Gasteiger partial charge < -0.3 is 9.47 Å². The van der Waals surface area contributed by atoms with Gasteiger partial charge in [-0.3, -0.25) is 0 Å². The van der Waals surface area contributed by atoms with Crippen molar-refractivity contribution in [3.8, 4) is 39.1 Å². The molecular weight excluding hydrogens is 701 g/mol. The largest absolute Gasteiger partial charge is 0.310 e. The Hall–Kier alpha value is -7.68. The molecule has 0 atom stereocenters. The molecule has 10 aromatic carbocycles. The van der Waals surface area contributed by atoms with Gasteiger partial charge in [-0.25, -0.2) is 0 Å². The summed E-state index contributed by atoms with van der Waals surface area (Å²) >= 11 is 0. The molecule has 1 aromatic heterocycles. The summed E-state index contributed by atoms with van der Waals surface area (Å²) in [5.74, 6) is 0. The molecule has 0 N–H and O–H groups in total. The van der Waals surface area contributed by atoms with Gasteiger partial charge in [-0.1, -0.05) is 170 Å². The number of rotatable bonds is 7. The molecule has 0 aliphatic carbocycles. The van der Waals surface area contributed by atoms with Gasteiger partial charge in [0.2, 0.25) is 0 Å². The van der Waals surface area contributed by atoms with E-state index in [4.69, 9.17) is 0 Å². The van der Waals surface area contributed by atoms with Crippen molar-refractivity contribution in [1.82, 2.24) is 4.57 Å². The topological polar surface area (TPSA) is 8.17 Å². The van der Waals surface area contributed by atoms with Crippen LogP contribution in [-0.2, 0) is 0 Å². The summed E-state index contributed by atoms with van der Waals surface area (Å²) in [5.41, 5.74) is 13.9. The summed E-state index contributed by atoms with van der Waals surface area (Å²) in [6.07, 6.45) is 0. The quantitative estimate of drug-likeness (QED) is 0.158. The first-order valence-corrected chi connectivity index (χ1v) is 19.9. The van der Waals surface area contributed by atoms with Gasteiger partial charge in [0.25, 0.3) is 0 Å². The lowest BCUT2D eigenvalue weighted by Crippen LogP contribution is -2.12. The molecule has 272 valence electrons. The van der Waals surface area contributed by atoms with Crippen LogP contribution < -0.4 is 4.90 Å². The monoisotopic (exact) mass is 738 g/mol. The van der Waals surface area contributed by atoms with Gasteiger partial charge >= 0.3 is 0 Å². The SMILES string of the molecule is c1ccc(-c2ccc(N(c3ccc4c5ccccc5n(-c5ccccc5)c4c3)c3cccc(-c4ccc5ccccc5c4)c3-c3ccc4ccccc4c3)cc2)cc1. The average molecular weight is 739 g/mol. The Kier molecular flexibility index (Phi) is 8.19. The lowest BCUT2D eigenvalue weighted by molar-refractivity contribution is 1.18. The Morgan fingerprint density at radius 1 is 0.310 bits per heavy atom. The molecule has 0 unspecified atom stereocenters. The van der Waals surface area contributed by atoms with Crippen LogP contribution in [0.4, 0.5) is 17.1 Å². The predicted molar refractivity (Wildman–Crippen MR) is 247 cm³/mol. The highest BCUT2D eigenvalue weighted by atomic mass is 15.1. The van der Waals surface area contributed by atoms with E-state index < -0.39 is 0 Å². The van der Waals surface area contributed by atoms with Gasteiger partial charge in [0, 0.05) is 33.4 Å². The molecule has 0 radical (unpaired) electrons. The maximum Gasteiger partial charge on any atom is 0.0561 e. The van der Waals surface area contributed by atoms with E-state index in [1.165, 1.54) is 71.2 Å². The van der Waals surface area contributed by atoms with Crippen LogP contribution in [0.15, 0.2) is 231 Å². The molecule has 0 saturated heterocycles. The Morgan fingerprint density at radius 2 is 0.862 bits per heavy atom. The van der Waals surface area contributed by atoms with Gasteiger partial charge in [0.15, 0.2) is 0 Å². The van der Waals surface area contributed by atoms with Crippen LogP contribution in [0, 0.1) is 0 Å². The van der Waals surface area contributed by atoms with Crippen LogP contribution in [0.25, 0.3) is 82.4 Å². The Labute approximate surface area is 338 Å². The predicted octanol–water partition coefficient (Wildman–Crippen LogP) is 15.6. The number of hydrogen-bond acceptors (Lipinski definition) is 1. The smallest absolute Gasteiger partial charge is 0.0561 e. The van der Waals surface area contributed by atoms with Crippen LogP contribution in [0.3, 0.4) is 0 Å². The van der Waals surface area contributed by atoms with Crippen molar-refractivity contribution in [2.24, 2.45) is 0 Å². The van der Waals surface area contributed by atoms with E-state index in [1.807, 2.05) is 0 Å². The van der Waals surface area contributed by atoms with Crippen LogP contribution in [0.1, 0.15) is 0 Å². The second-order valence-electron chi connectivity index (χ2n) is 15.0. The maximum atomic E-state index is 2.45. The molecule has 0 fully saturated rings. The Bertz CT molecular complexity index is 3270. The number of nitrogens with zero attached hydrogens (tertiary/aromatic N) is 2. The Balaban J connectivity index is 1.20. The maximum absolute atomic E-state index is 2.45. The van der Waals surface area contributed by atoms with Crippen molar-refractivity contribution in [2.75, 3.05) is 4.90 Å². The van der Waals surface area contributed by atoms with Crippen LogP contribution >= 0.6 is 0 Å². The van der Waals surface area contributed by atoms with Gasteiger partial charge in [0.05, 0.1) is 16.7 Å². The van der Waals surface area contributed by atoms with E-state index in [1.54, 1.807) is 0 Å². The zero-order valence-electron chi connectivity index (χ0n) is 31.8. The molecule has 0 spiro atoms. The fourth-order valence-electron chi connectivity index (χ4n) is 8.79. The molecule has 0 bridgehead atoms. The van der Waals surface area contributed by atoms with Gasteiger partial charge in [-0.15, -0.1) is 0 Å². The van der Waals surface area contributed by atoms with E-state index in [9.17, 15) is 0 Å². The van der Waals surface area contributed by atoms with Gasteiger partial charge in [0.1, 0.15) is 0 Å². The zero-order valence-corrected chi connectivity index (χ0v) is 31.8. The van der Waals surface area contributed by atoms with Crippen molar-refractivity contribution >= 4 is 60.4 Å². The molecule has 1 heterocycles. The summed E-state index contributed by atoms with van der Waals surface area (Å²) in [7, 11) is 0. The summed E-state index contributed by atoms with van der Waals surface area (Å²) < 4.78 is 2.40. The van der Waals surface area contributed by atoms with E-state index in [2.05, 4.69) is 240 Å². The third-order valence-electron chi connectivity index (χ3n) is 11.5. The fourth-order valence-corrected chi connectivity index (χ4v) is 8.79. The highest BCUT2D eigenvalue weighted by Crippen LogP contribution is 2.47. The average Bonchev–Trinajstić information content (AvgIpc) is 3.63. The number of anilines is 3. The van der Waals surface area contributed by atoms with Crippen molar-refractivity contribution in [1.29, 1.82) is 0 Å². The Morgan fingerprint density at radius 3 is 1.60 bits per heavy atom. The van der Waals surface area contributed by atoms with E-state index in [-0.39, 0.29) is 0 Å². The molecule has 0 amide bonds. The van der Waals surface area contributed by atoms with Crippen molar-refractivity contribution in [3.05, 3.63) is 231 Å². The van der Waals surface area contributed by atoms with Crippen molar-refractivity contribution < 1.29 is 0 Å². The summed E-state index contributed by atoms with van der Waals surface area (Å²) in [6, 6.07) is 83.9. The highest BCUT2D eigenvalue weighted by molar-refractivity contribution is 6.11. The van der Waals surface area contributed by atoms with Crippen LogP contribution in [-0.4, -0.2) is 4.57 Å². The molecule has 2 nitrogen and oxygen atoms in total. The number of fused-ring (bicyclic) bond motifs is 5. The standard InChI is InChI=1S/C56H38N2/c1-3-14-39(15-4-1)42-30-32-48(33-31-42)57(49-34-35-52-51-22-11-12-24-53(51)58(55(52)38-49)47-20-5-2-6-21-47)54-25-13-23-50(45-28-26-40-16-7-9-18-43(40)36-45)56(54)46-29-27-41-17-8-10-19-44(41)37-46/h1-38H. The van der Waals surface area contributed by atoms with Crippen molar-refractivity contribution in [2.45, 2.75) is 0 Å². The number of benzene rings is 10. The number of para-hydroxylation sites is 2. The first-order chi connectivity index (χ1) is 28.8. The lowest BCUT2D eigenvalue weighted by atomic mass is 9.90. The molecular formula is C56H38N2. The molecule has 0 aliphatic rings. The minimum absolute atomic E-state index is 1.08.